The number of rotatable bonds is 5. The molecule has 1 aromatic heterocycles. The minimum Gasteiger partial charge on any atom is -0.399 e. The number of aromatic nitrogens is 2. The summed E-state index contributed by atoms with van der Waals surface area (Å²) >= 11 is 0. The summed E-state index contributed by atoms with van der Waals surface area (Å²) < 4.78 is 13.1. The van der Waals surface area contributed by atoms with Gasteiger partial charge in [0, 0.05) is 11.1 Å². The molecule has 0 bridgehead atoms. The largest absolute Gasteiger partial charge is 0.495 e. The quantitative estimate of drug-likeness (QED) is 0.231. The van der Waals surface area contributed by atoms with Gasteiger partial charge in [-0.2, -0.15) is 0 Å². The molecule has 2 heterocycles. The second-order valence-corrected chi connectivity index (χ2v) is 11.0. The van der Waals surface area contributed by atoms with Crippen LogP contribution in [0.25, 0.3) is 45.0 Å². The lowest BCUT2D eigenvalue weighted by atomic mass is 9.73. The first-order valence-corrected chi connectivity index (χ1v) is 13.4. The normalized spacial score (nSPS) is 15.8. The molecule has 39 heavy (non-hydrogen) atoms. The highest BCUT2D eigenvalue weighted by Gasteiger charge is 2.52. The van der Waals surface area contributed by atoms with Crippen LogP contribution in [-0.4, -0.2) is 28.3 Å². The zero-order valence-corrected chi connectivity index (χ0v) is 22.8. The van der Waals surface area contributed by atoms with Crippen LogP contribution in [0.5, 0.6) is 0 Å². The average molecular weight is 510 g/mol. The van der Waals surface area contributed by atoms with Gasteiger partial charge < -0.3 is 9.31 Å². The molecular formula is C34H31BN2O2. The van der Waals surface area contributed by atoms with Crippen LogP contribution in [-0.2, 0) is 9.31 Å². The number of hydrogen-bond acceptors (Lipinski definition) is 4. The molecule has 192 valence electrons. The van der Waals surface area contributed by atoms with E-state index in [1.54, 1.807) is 0 Å². The predicted molar refractivity (Wildman–Crippen MR) is 159 cm³/mol. The molecule has 1 saturated heterocycles. The smallest absolute Gasteiger partial charge is 0.399 e. The lowest BCUT2D eigenvalue weighted by molar-refractivity contribution is 0.00578. The summed E-state index contributed by atoms with van der Waals surface area (Å²) in [6.07, 6.45) is 0. The summed E-state index contributed by atoms with van der Waals surface area (Å²) in [4.78, 5) is 9.98. The first-order valence-electron chi connectivity index (χ1n) is 13.4. The number of hydrogen-bond donors (Lipinski definition) is 0. The molecule has 0 aliphatic carbocycles. The van der Waals surface area contributed by atoms with Crippen molar-refractivity contribution in [2.45, 2.75) is 38.9 Å². The fourth-order valence-electron chi connectivity index (χ4n) is 4.84. The topological polar surface area (TPSA) is 44.2 Å². The van der Waals surface area contributed by atoms with Crippen molar-refractivity contribution in [3.63, 3.8) is 0 Å². The maximum Gasteiger partial charge on any atom is 0.495 e. The highest BCUT2D eigenvalue weighted by molar-refractivity contribution is 6.64. The molecule has 0 saturated carbocycles. The third kappa shape index (κ3) is 4.92. The van der Waals surface area contributed by atoms with Crippen LogP contribution in [0.1, 0.15) is 27.7 Å². The third-order valence-electron chi connectivity index (χ3n) is 7.77. The van der Waals surface area contributed by atoms with E-state index in [0.29, 0.717) is 5.82 Å². The van der Waals surface area contributed by atoms with Crippen molar-refractivity contribution in [1.82, 2.24) is 9.97 Å². The molecule has 0 spiro atoms. The molecule has 0 amide bonds. The Morgan fingerprint density at radius 1 is 0.513 bits per heavy atom. The lowest BCUT2D eigenvalue weighted by Crippen LogP contribution is -2.41. The molecule has 5 heteroatoms. The Bertz CT molecular complexity index is 1530. The summed E-state index contributed by atoms with van der Waals surface area (Å²) in [5.74, 6) is 0.691. The Kier molecular flexibility index (Phi) is 6.42. The summed E-state index contributed by atoms with van der Waals surface area (Å²) in [7, 11) is -0.505. The summed E-state index contributed by atoms with van der Waals surface area (Å²) in [5, 5.41) is 0. The Labute approximate surface area is 230 Å². The number of nitrogens with zero attached hydrogens (tertiary/aromatic N) is 2. The van der Waals surface area contributed by atoms with Crippen LogP contribution in [0.3, 0.4) is 0 Å². The molecule has 0 atom stereocenters. The molecule has 0 N–H and O–H groups in total. The summed E-state index contributed by atoms with van der Waals surface area (Å²) in [6, 6.07) is 39.2. The first-order chi connectivity index (χ1) is 18.8. The molecule has 0 unspecified atom stereocenters. The molecule has 1 fully saturated rings. The van der Waals surface area contributed by atoms with E-state index in [0.717, 1.165) is 44.7 Å². The van der Waals surface area contributed by atoms with Crippen molar-refractivity contribution >= 4 is 12.6 Å². The average Bonchev–Trinajstić information content (AvgIpc) is 3.20. The van der Waals surface area contributed by atoms with Crippen LogP contribution >= 0.6 is 0 Å². The Hall–Kier alpha value is -4.06. The van der Waals surface area contributed by atoms with Crippen molar-refractivity contribution in [2.24, 2.45) is 0 Å². The highest BCUT2D eigenvalue weighted by atomic mass is 16.7. The second kappa shape index (κ2) is 9.92. The molecule has 1 aliphatic heterocycles. The minimum absolute atomic E-state index is 0.447. The van der Waals surface area contributed by atoms with Crippen LogP contribution in [0.2, 0.25) is 0 Å². The molecule has 1 aliphatic rings. The minimum atomic E-state index is -0.505. The summed E-state index contributed by atoms with van der Waals surface area (Å²) in [5.41, 5.74) is 7.02. The van der Waals surface area contributed by atoms with Crippen molar-refractivity contribution in [1.29, 1.82) is 0 Å². The van der Waals surface area contributed by atoms with E-state index in [4.69, 9.17) is 19.3 Å². The first kappa shape index (κ1) is 25.2. The Morgan fingerprint density at radius 3 is 1.56 bits per heavy atom. The third-order valence-corrected chi connectivity index (χ3v) is 7.77. The van der Waals surface area contributed by atoms with E-state index in [1.807, 2.05) is 54.6 Å². The maximum atomic E-state index is 6.53. The zero-order valence-electron chi connectivity index (χ0n) is 22.8. The van der Waals surface area contributed by atoms with Crippen LogP contribution in [0.15, 0.2) is 115 Å². The van der Waals surface area contributed by atoms with E-state index < -0.39 is 18.3 Å². The maximum absolute atomic E-state index is 6.53. The van der Waals surface area contributed by atoms with Gasteiger partial charge >= 0.3 is 7.12 Å². The molecule has 4 aromatic carbocycles. The standard InChI is InChI=1S/C34H31BN2O2/c1-33(2)34(3,4)39-35(38-33)29-22-27(20-21-28(29)24-14-8-5-9-15-24)31-23-30(25-16-10-6-11-17-25)36-32(37-31)26-18-12-7-13-19-26/h5-23H,1-4H3. The van der Waals surface area contributed by atoms with Crippen molar-refractivity contribution in [3.8, 4) is 45.0 Å². The SMILES string of the molecule is CC1(C)OB(c2cc(-c3cc(-c4ccccc4)nc(-c4ccccc4)n3)ccc2-c2ccccc2)OC1(C)C. The van der Waals surface area contributed by atoms with Crippen molar-refractivity contribution in [3.05, 3.63) is 115 Å². The van der Waals surface area contributed by atoms with Gasteiger partial charge in [-0.05, 0) is 55.9 Å². The van der Waals surface area contributed by atoms with Gasteiger partial charge in [-0.25, -0.2) is 9.97 Å². The fourth-order valence-corrected chi connectivity index (χ4v) is 4.84. The second-order valence-electron chi connectivity index (χ2n) is 11.0. The van der Waals surface area contributed by atoms with Gasteiger partial charge in [0.25, 0.3) is 0 Å². The highest BCUT2D eigenvalue weighted by Crippen LogP contribution is 2.38. The Morgan fingerprint density at radius 2 is 1.00 bits per heavy atom. The van der Waals surface area contributed by atoms with E-state index >= 15 is 0 Å². The van der Waals surface area contributed by atoms with Gasteiger partial charge in [0.1, 0.15) is 0 Å². The molecule has 6 rings (SSSR count). The molecule has 0 radical (unpaired) electrons. The van der Waals surface area contributed by atoms with E-state index in [2.05, 4.69) is 88.4 Å². The Balaban J connectivity index is 1.52. The van der Waals surface area contributed by atoms with Crippen LogP contribution in [0.4, 0.5) is 0 Å². The van der Waals surface area contributed by atoms with Crippen molar-refractivity contribution < 1.29 is 9.31 Å². The van der Waals surface area contributed by atoms with E-state index in [1.165, 1.54) is 0 Å². The van der Waals surface area contributed by atoms with Gasteiger partial charge in [-0.3, -0.25) is 0 Å². The lowest BCUT2D eigenvalue weighted by Gasteiger charge is -2.32. The van der Waals surface area contributed by atoms with Gasteiger partial charge in [0.15, 0.2) is 5.82 Å². The number of benzene rings is 4. The molecule has 4 nitrogen and oxygen atoms in total. The van der Waals surface area contributed by atoms with Gasteiger partial charge in [-0.15, -0.1) is 0 Å². The summed E-state index contributed by atoms with van der Waals surface area (Å²) in [6.45, 7) is 8.34. The zero-order chi connectivity index (χ0) is 27.0. The van der Waals surface area contributed by atoms with Gasteiger partial charge in [0.05, 0.1) is 22.6 Å². The monoisotopic (exact) mass is 510 g/mol. The van der Waals surface area contributed by atoms with Crippen LogP contribution in [0, 0.1) is 0 Å². The predicted octanol–water partition coefficient (Wildman–Crippen LogP) is 7.44. The molecular weight excluding hydrogens is 479 g/mol. The molecule has 5 aromatic rings. The van der Waals surface area contributed by atoms with Gasteiger partial charge in [-0.1, -0.05) is 109 Å². The van der Waals surface area contributed by atoms with E-state index in [-0.39, 0.29) is 0 Å². The van der Waals surface area contributed by atoms with Crippen molar-refractivity contribution in [2.75, 3.05) is 0 Å². The van der Waals surface area contributed by atoms with E-state index in [9.17, 15) is 0 Å². The van der Waals surface area contributed by atoms with Crippen LogP contribution < -0.4 is 5.46 Å². The van der Waals surface area contributed by atoms with Gasteiger partial charge in [0.2, 0.25) is 0 Å². The fraction of sp³-hybridized carbons (Fsp3) is 0.176.